The quantitative estimate of drug-likeness (QED) is 0.850. The molecule has 0 atom stereocenters. The average Bonchev–Trinajstić information content (AvgIpc) is 2.75. The molecule has 0 saturated heterocycles. The van der Waals surface area contributed by atoms with Crippen molar-refractivity contribution in [3.8, 4) is 5.69 Å². The first-order valence-electron chi connectivity index (χ1n) is 7.66. The summed E-state index contributed by atoms with van der Waals surface area (Å²) in [6.07, 6.45) is 0.242. The maximum Gasteiger partial charge on any atom is 0.225 e. The fraction of sp³-hybridized carbons (Fsp3) is 0.412. The van der Waals surface area contributed by atoms with E-state index in [0.29, 0.717) is 16.6 Å². The summed E-state index contributed by atoms with van der Waals surface area (Å²) in [6.45, 7) is 7.95. The van der Waals surface area contributed by atoms with Gasteiger partial charge in [-0.3, -0.25) is 4.79 Å². The van der Waals surface area contributed by atoms with Crippen LogP contribution in [0.2, 0.25) is 10.0 Å². The minimum absolute atomic E-state index is 0.0848. The molecule has 0 unspecified atom stereocenters. The number of aryl methyl sites for hydroxylation is 1. The number of aromatic nitrogens is 2. The first-order valence-corrected chi connectivity index (χ1v) is 8.42. The molecule has 0 bridgehead atoms. The Balaban J connectivity index is 2.31. The summed E-state index contributed by atoms with van der Waals surface area (Å²) in [5.41, 5.74) is 8.50. The monoisotopic (exact) mass is 368 g/mol. The second-order valence-corrected chi connectivity index (χ2v) is 7.31. The van der Waals surface area contributed by atoms with E-state index in [0.717, 1.165) is 22.6 Å². The molecule has 24 heavy (non-hydrogen) atoms. The highest BCUT2D eigenvalue weighted by molar-refractivity contribution is 6.35. The van der Waals surface area contributed by atoms with E-state index in [2.05, 4.69) is 10.4 Å². The second-order valence-electron chi connectivity index (χ2n) is 6.47. The minimum atomic E-state index is -0.436. The molecule has 0 spiro atoms. The third-order valence-electron chi connectivity index (χ3n) is 3.90. The van der Waals surface area contributed by atoms with Gasteiger partial charge in [0.1, 0.15) is 0 Å². The molecule has 130 valence electrons. The Bertz CT molecular complexity index is 768. The van der Waals surface area contributed by atoms with Crippen molar-refractivity contribution in [3.05, 3.63) is 45.2 Å². The van der Waals surface area contributed by atoms with Gasteiger partial charge >= 0.3 is 0 Å². The lowest BCUT2D eigenvalue weighted by molar-refractivity contribution is -0.121. The maximum absolute atomic E-state index is 12.3. The Morgan fingerprint density at radius 3 is 2.58 bits per heavy atom. The smallest absolute Gasteiger partial charge is 0.225 e. The van der Waals surface area contributed by atoms with E-state index < -0.39 is 5.54 Å². The molecule has 2 rings (SSSR count). The number of hydrogen-bond acceptors (Lipinski definition) is 3. The Morgan fingerprint density at radius 1 is 1.33 bits per heavy atom. The van der Waals surface area contributed by atoms with E-state index in [1.54, 1.807) is 16.8 Å². The van der Waals surface area contributed by atoms with Gasteiger partial charge in [0.2, 0.25) is 5.91 Å². The highest BCUT2D eigenvalue weighted by atomic mass is 35.5. The number of carbonyl (C=O) groups excluding carboxylic acids is 1. The Morgan fingerprint density at radius 2 is 2.00 bits per heavy atom. The highest BCUT2D eigenvalue weighted by Gasteiger charge is 2.21. The Kier molecular flexibility index (Phi) is 5.58. The van der Waals surface area contributed by atoms with Gasteiger partial charge in [-0.15, -0.1) is 0 Å². The summed E-state index contributed by atoms with van der Waals surface area (Å²) in [5.74, 6) is -0.0848. The standard InChI is InChI=1S/C17H22Cl2N4O/c1-10-13(8-16(24)21-17(3,4)9-20)11(2)23(22-10)15-6-5-12(18)7-14(15)19/h5-7H,8-9,20H2,1-4H3,(H,21,24). The molecule has 1 aromatic heterocycles. The SMILES string of the molecule is Cc1nn(-c2ccc(Cl)cc2Cl)c(C)c1CC(=O)NC(C)(C)CN. The third-order valence-corrected chi connectivity index (χ3v) is 4.44. The number of rotatable bonds is 5. The van der Waals surface area contributed by atoms with Gasteiger partial charge in [-0.2, -0.15) is 5.10 Å². The molecule has 1 amide bonds. The van der Waals surface area contributed by atoms with E-state index >= 15 is 0 Å². The zero-order chi connectivity index (χ0) is 18.1. The Labute approximate surface area is 152 Å². The fourth-order valence-electron chi connectivity index (χ4n) is 2.45. The normalized spacial score (nSPS) is 11.6. The lowest BCUT2D eigenvalue weighted by atomic mass is 10.0. The van der Waals surface area contributed by atoms with Crippen molar-refractivity contribution in [2.24, 2.45) is 5.73 Å². The van der Waals surface area contributed by atoms with Crippen molar-refractivity contribution in [1.29, 1.82) is 0 Å². The molecular formula is C17H22Cl2N4O. The lowest BCUT2D eigenvalue weighted by Crippen LogP contribution is -2.49. The van der Waals surface area contributed by atoms with Crippen LogP contribution in [0.25, 0.3) is 5.69 Å². The van der Waals surface area contributed by atoms with Crippen LogP contribution in [-0.4, -0.2) is 27.8 Å². The van der Waals surface area contributed by atoms with Crippen molar-refractivity contribution in [2.45, 2.75) is 39.7 Å². The van der Waals surface area contributed by atoms with Gasteiger partial charge in [0.05, 0.1) is 22.8 Å². The molecule has 7 heteroatoms. The number of nitrogens with two attached hydrogens (primary N) is 1. The zero-order valence-electron chi connectivity index (χ0n) is 14.3. The van der Waals surface area contributed by atoms with Gasteiger partial charge in [0.15, 0.2) is 0 Å². The topological polar surface area (TPSA) is 72.9 Å². The molecule has 5 nitrogen and oxygen atoms in total. The van der Waals surface area contributed by atoms with Crippen LogP contribution in [0.5, 0.6) is 0 Å². The van der Waals surface area contributed by atoms with Gasteiger partial charge in [-0.1, -0.05) is 23.2 Å². The van der Waals surface area contributed by atoms with Crippen LogP contribution in [0.1, 0.15) is 30.8 Å². The molecule has 2 aromatic rings. The number of nitrogens with zero attached hydrogens (tertiary/aromatic N) is 2. The van der Waals surface area contributed by atoms with E-state index in [1.165, 1.54) is 0 Å². The molecule has 0 aliphatic rings. The summed E-state index contributed by atoms with van der Waals surface area (Å²) in [6, 6.07) is 5.24. The fourth-order valence-corrected chi connectivity index (χ4v) is 2.94. The van der Waals surface area contributed by atoms with Crippen molar-refractivity contribution in [3.63, 3.8) is 0 Å². The number of benzene rings is 1. The van der Waals surface area contributed by atoms with E-state index in [-0.39, 0.29) is 12.3 Å². The number of carbonyl (C=O) groups is 1. The number of nitrogens with one attached hydrogen (secondary N) is 1. The number of halogens is 2. The second kappa shape index (κ2) is 7.13. The number of amides is 1. The van der Waals surface area contributed by atoms with Crippen molar-refractivity contribution in [1.82, 2.24) is 15.1 Å². The summed E-state index contributed by atoms with van der Waals surface area (Å²) >= 11 is 12.2. The van der Waals surface area contributed by atoms with Crippen LogP contribution in [0.3, 0.4) is 0 Å². The van der Waals surface area contributed by atoms with E-state index in [9.17, 15) is 4.79 Å². The maximum atomic E-state index is 12.3. The predicted octanol–water partition coefficient (Wildman–Crippen LogP) is 3.19. The summed E-state index contributed by atoms with van der Waals surface area (Å²) in [4.78, 5) is 12.3. The largest absolute Gasteiger partial charge is 0.350 e. The van der Waals surface area contributed by atoms with Crippen LogP contribution in [0.15, 0.2) is 18.2 Å². The van der Waals surface area contributed by atoms with Crippen molar-refractivity contribution >= 4 is 29.1 Å². The molecule has 0 aliphatic heterocycles. The van der Waals surface area contributed by atoms with Crippen LogP contribution in [-0.2, 0) is 11.2 Å². The molecule has 0 saturated carbocycles. The van der Waals surface area contributed by atoms with Crippen molar-refractivity contribution in [2.75, 3.05) is 6.54 Å². The zero-order valence-corrected chi connectivity index (χ0v) is 15.8. The van der Waals surface area contributed by atoms with E-state index in [1.807, 2.05) is 33.8 Å². The lowest BCUT2D eigenvalue weighted by Gasteiger charge is -2.24. The van der Waals surface area contributed by atoms with Gasteiger partial charge in [0.25, 0.3) is 0 Å². The van der Waals surface area contributed by atoms with Gasteiger partial charge < -0.3 is 11.1 Å². The molecule has 0 radical (unpaired) electrons. The van der Waals surface area contributed by atoms with Crippen LogP contribution >= 0.6 is 23.2 Å². The molecular weight excluding hydrogens is 347 g/mol. The van der Waals surface area contributed by atoms with Crippen molar-refractivity contribution < 1.29 is 4.79 Å². The molecule has 1 heterocycles. The van der Waals surface area contributed by atoms with Crippen LogP contribution < -0.4 is 11.1 Å². The first-order chi connectivity index (χ1) is 11.1. The Hall–Kier alpha value is -1.56. The molecule has 0 fully saturated rings. The molecule has 3 N–H and O–H groups in total. The summed E-state index contributed by atoms with van der Waals surface area (Å²) in [7, 11) is 0. The van der Waals surface area contributed by atoms with Gasteiger partial charge in [0, 0.05) is 28.4 Å². The summed E-state index contributed by atoms with van der Waals surface area (Å²) in [5, 5.41) is 8.53. The summed E-state index contributed by atoms with van der Waals surface area (Å²) < 4.78 is 1.74. The predicted molar refractivity (Wildman–Crippen MR) is 98.0 cm³/mol. The van der Waals surface area contributed by atoms with Crippen LogP contribution in [0.4, 0.5) is 0 Å². The van der Waals surface area contributed by atoms with E-state index in [4.69, 9.17) is 28.9 Å². The van der Waals surface area contributed by atoms with Gasteiger partial charge in [-0.25, -0.2) is 4.68 Å². The highest BCUT2D eigenvalue weighted by Crippen LogP contribution is 2.27. The van der Waals surface area contributed by atoms with Gasteiger partial charge in [-0.05, 0) is 45.9 Å². The molecule has 1 aromatic carbocycles. The first kappa shape index (κ1) is 18.8. The number of hydrogen-bond donors (Lipinski definition) is 2. The third kappa shape index (κ3) is 4.09. The minimum Gasteiger partial charge on any atom is -0.350 e. The average molecular weight is 369 g/mol. The molecule has 0 aliphatic carbocycles. The van der Waals surface area contributed by atoms with Crippen LogP contribution in [0, 0.1) is 13.8 Å².